The quantitative estimate of drug-likeness (QED) is 0.423. The third-order valence-corrected chi connectivity index (χ3v) is 7.31. The van der Waals surface area contributed by atoms with Gasteiger partial charge in [0, 0.05) is 24.7 Å². The van der Waals surface area contributed by atoms with E-state index in [0.29, 0.717) is 18.2 Å². The number of likely N-dealkylation sites (tertiary alicyclic amines) is 1. The first-order valence-electron chi connectivity index (χ1n) is 12.3. The summed E-state index contributed by atoms with van der Waals surface area (Å²) in [4.78, 5) is 17.1. The molecule has 3 rings (SSSR count). The molecule has 0 aromatic heterocycles. The zero-order chi connectivity index (χ0) is 23.8. The maximum Gasteiger partial charge on any atom is 0.416 e. The van der Waals surface area contributed by atoms with Crippen LogP contribution in [-0.4, -0.2) is 61.0 Å². The lowest BCUT2D eigenvalue weighted by molar-refractivity contribution is -0.137. The minimum atomic E-state index is -4.38. The average Bonchev–Trinajstić information content (AvgIpc) is 2.80. The topological polar surface area (TPSA) is 35.6 Å². The van der Waals surface area contributed by atoms with Gasteiger partial charge in [0.05, 0.1) is 5.56 Å². The molecule has 1 heterocycles. The van der Waals surface area contributed by atoms with E-state index in [2.05, 4.69) is 29.1 Å². The summed E-state index contributed by atoms with van der Waals surface area (Å²) in [5.41, 5.74) is -0.358. The highest BCUT2D eigenvalue weighted by atomic mass is 19.4. The van der Waals surface area contributed by atoms with E-state index in [1.807, 2.05) is 0 Å². The van der Waals surface area contributed by atoms with Crippen LogP contribution in [0.4, 0.5) is 13.2 Å². The number of benzene rings is 1. The van der Waals surface area contributed by atoms with Gasteiger partial charge in [0.2, 0.25) is 5.91 Å². The van der Waals surface area contributed by atoms with Crippen LogP contribution in [0.1, 0.15) is 63.0 Å². The van der Waals surface area contributed by atoms with E-state index < -0.39 is 11.7 Å². The largest absolute Gasteiger partial charge is 0.416 e. The van der Waals surface area contributed by atoms with Gasteiger partial charge in [-0.15, -0.1) is 0 Å². The van der Waals surface area contributed by atoms with Gasteiger partial charge in [0.1, 0.15) is 0 Å². The summed E-state index contributed by atoms with van der Waals surface area (Å²) in [6.07, 6.45) is 7.02. The Labute approximate surface area is 196 Å². The third kappa shape index (κ3) is 7.85. The number of piperidine rings is 1. The number of nitrogens with zero attached hydrogens (tertiary/aromatic N) is 2. The second-order valence-electron chi connectivity index (χ2n) is 9.67. The predicted octanol–water partition coefficient (Wildman–Crippen LogP) is 5.20. The molecule has 2 unspecified atom stereocenters. The van der Waals surface area contributed by atoms with Crippen LogP contribution in [0.3, 0.4) is 0 Å². The molecule has 2 atom stereocenters. The number of amides is 1. The number of rotatable bonds is 8. The number of halogens is 3. The molecule has 1 saturated carbocycles. The lowest BCUT2D eigenvalue weighted by Crippen LogP contribution is -2.50. The summed E-state index contributed by atoms with van der Waals surface area (Å²) < 4.78 is 38.3. The van der Waals surface area contributed by atoms with Gasteiger partial charge in [-0.25, -0.2) is 0 Å². The van der Waals surface area contributed by atoms with Crippen LogP contribution < -0.4 is 5.32 Å². The molecule has 1 amide bonds. The van der Waals surface area contributed by atoms with E-state index in [0.717, 1.165) is 50.1 Å². The zero-order valence-electron chi connectivity index (χ0n) is 19.9. The predicted molar refractivity (Wildman–Crippen MR) is 127 cm³/mol. The molecule has 2 fully saturated rings. The Morgan fingerprint density at radius 2 is 1.91 bits per heavy atom. The van der Waals surface area contributed by atoms with Crippen LogP contribution in [0.15, 0.2) is 30.3 Å². The van der Waals surface area contributed by atoms with Crippen molar-refractivity contribution in [3.63, 3.8) is 0 Å². The number of hydrogen-bond donors (Lipinski definition) is 1. The van der Waals surface area contributed by atoms with Gasteiger partial charge >= 0.3 is 6.18 Å². The minimum absolute atomic E-state index is 0.283. The molecule has 2 aliphatic rings. The highest BCUT2D eigenvalue weighted by Gasteiger charge is 2.31. The molecule has 1 aromatic rings. The van der Waals surface area contributed by atoms with Gasteiger partial charge in [-0.2, -0.15) is 13.2 Å². The van der Waals surface area contributed by atoms with Crippen LogP contribution >= 0.6 is 0 Å². The fraction of sp³-hybridized carbons (Fsp3) is 0.654. The van der Waals surface area contributed by atoms with Crippen molar-refractivity contribution < 1.29 is 18.0 Å². The van der Waals surface area contributed by atoms with Crippen molar-refractivity contribution in [1.29, 1.82) is 0 Å². The lowest BCUT2D eigenvalue weighted by Gasteiger charge is -2.44. The second-order valence-corrected chi connectivity index (χ2v) is 9.67. The molecule has 1 aromatic carbocycles. The fourth-order valence-corrected chi connectivity index (χ4v) is 5.29. The van der Waals surface area contributed by atoms with E-state index in [4.69, 9.17) is 0 Å². The van der Waals surface area contributed by atoms with Gasteiger partial charge in [-0.05, 0) is 88.5 Å². The van der Waals surface area contributed by atoms with Gasteiger partial charge < -0.3 is 15.1 Å². The number of carbonyl (C=O) groups is 1. The molecular formula is C26H38F3N3O. The SMILES string of the molecule is CC1CCCCC1N(C)C1CCN(CCCNC(=O)C=Cc2cccc(C(F)(F)F)c2)CC1. The summed E-state index contributed by atoms with van der Waals surface area (Å²) in [6, 6.07) is 6.36. The Morgan fingerprint density at radius 1 is 1.18 bits per heavy atom. The zero-order valence-corrected chi connectivity index (χ0v) is 19.9. The molecular weight excluding hydrogens is 427 g/mol. The Balaban J connectivity index is 1.32. The summed E-state index contributed by atoms with van der Waals surface area (Å²) in [5.74, 6) is 0.516. The summed E-state index contributed by atoms with van der Waals surface area (Å²) in [7, 11) is 2.31. The molecule has 7 heteroatoms. The van der Waals surface area contributed by atoms with Gasteiger partial charge in [-0.1, -0.05) is 31.9 Å². The van der Waals surface area contributed by atoms with Gasteiger partial charge in [0.25, 0.3) is 0 Å². The van der Waals surface area contributed by atoms with E-state index in [-0.39, 0.29) is 5.91 Å². The van der Waals surface area contributed by atoms with Gasteiger partial charge in [0.15, 0.2) is 0 Å². The normalized spacial score (nSPS) is 23.3. The lowest BCUT2D eigenvalue weighted by atomic mass is 9.84. The van der Waals surface area contributed by atoms with Gasteiger partial charge in [-0.3, -0.25) is 4.79 Å². The molecule has 0 spiro atoms. The Morgan fingerprint density at radius 3 is 2.61 bits per heavy atom. The first-order valence-corrected chi connectivity index (χ1v) is 12.3. The molecule has 1 aliphatic carbocycles. The number of carbonyl (C=O) groups excluding carboxylic acids is 1. The Kier molecular flexibility index (Phi) is 9.38. The summed E-state index contributed by atoms with van der Waals surface area (Å²) >= 11 is 0. The number of alkyl halides is 3. The Bertz CT molecular complexity index is 787. The molecule has 1 N–H and O–H groups in total. The van der Waals surface area contributed by atoms with Crippen LogP contribution in [0.5, 0.6) is 0 Å². The molecule has 0 bridgehead atoms. The van der Waals surface area contributed by atoms with Crippen molar-refractivity contribution >= 4 is 12.0 Å². The summed E-state index contributed by atoms with van der Waals surface area (Å²) in [6.45, 7) is 6.11. The van der Waals surface area contributed by atoms with Crippen molar-refractivity contribution in [2.45, 2.75) is 70.1 Å². The molecule has 184 valence electrons. The number of nitrogens with one attached hydrogen (secondary N) is 1. The third-order valence-electron chi connectivity index (χ3n) is 7.31. The molecule has 1 aliphatic heterocycles. The minimum Gasteiger partial charge on any atom is -0.353 e. The smallest absolute Gasteiger partial charge is 0.353 e. The first-order chi connectivity index (χ1) is 15.7. The highest BCUT2D eigenvalue weighted by molar-refractivity contribution is 5.91. The maximum atomic E-state index is 12.8. The number of hydrogen-bond acceptors (Lipinski definition) is 3. The second kappa shape index (κ2) is 12.0. The van der Waals surface area contributed by atoms with Crippen LogP contribution in [0.2, 0.25) is 0 Å². The standard InChI is InChI=1S/C26H38F3N3O/c1-20-7-3-4-10-24(20)31(2)23-13-17-32(18-14-23)16-6-15-30-25(33)12-11-21-8-5-9-22(19-21)26(27,28)29/h5,8-9,11-12,19-20,23-24H,3-4,6-7,10,13-18H2,1-2H3,(H,30,33). The van der Waals surface area contributed by atoms with E-state index in [1.165, 1.54) is 56.7 Å². The van der Waals surface area contributed by atoms with Crippen molar-refractivity contribution in [2.75, 3.05) is 33.2 Å². The monoisotopic (exact) mass is 465 g/mol. The van der Waals surface area contributed by atoms with Crippen LogP contribution in [0, 0.1) is 5.92 Å². The van der Waals surface area contributed by atoms with Crippen molar-refractivity contribution in [1.82, 2.24) is 15.1 Å². The molecule has 4 nitrogen and oxygen atoms in total. The van der Waals surface area contributed by atoms with E-state index in [1.54, 1.807) is 6.07 Å². The molecule has 33 heavy (non-hydrogen) atoms. The summed E-state index contributed by atoms with van der Waals surface area (Å²) in [5, 5.41) is 2.83. The molecule has 0 radical (unpaired) electrons. The highest BCUT2D eigenvalue weighted by Crippen LogP contribution is 2.31. The average molecular weight is 466 g/mol. The maximum absolute atomic E-state index is 12.8. The van der Waals surface area contributed by atoms with Crippen molar-refractivity contribution in [2.24, 2.45) is 5.92 Å². The first kappa shape index (κ1) is 25.8. The van der Waals surface area contributed by atoms with Crippen LogP contribution in [-0.2, 0) is 11.0 Å². The van der Waals surface area contributed by atoms with Crippen molar-refractivity contribution in [3.8, 4) is 0 Å². The van der Waals surface area contributed by atoms with E-state index >= 15 is 0 Å². The van der Waals surface area contributed by atoms with Crippen molar-refractivity contribution in [3.05, 3.63) is 41.5 Å². The van der Waals surface area contributed by atoms with E-state index in [9.17, 15) is 18.0 Å². The Hall–Kier alpha value is -1.86. The molecule has 1 saturated heterocycles. The van der Waals surface area contributed by atoms with Crippen LogP contribution in [0.25, 0.3) is 6.08 Å². The fourth-order valence-electron chi connectivity index (χ4n) is 5.29.